The fraction of sp³-hybridized carbons (Fsp3) is 1.00. The zero-order valence-corrected chi connectivity index (χ0v) is 7.57. The van der Waals surface area contributed by atoms with Crippen molar-refractivity contribution in [3.63, 3.8) is 0 Å². The summed E-state index contributed by atoms with van der Waals surface area (Å²) in [5.41, 5.74) is 0.493. The van der Waals surface area contributed by atoms with Crippen LogP contribution in [0, 0.1) is 5.41 Å². The third-order valence-corrected chi connectivity index (χ3v) is 2.61. The molecule has 11 heavy (non-hydrogen) atoms. The Morgan fingerprint density at radius 3 is 2.27 bits per heavy atom. The normalized spacial score (nSPS) is 25.4. The topological polar surface area (TPSA) is 3.24 Å². The molecule has 0 N–H and O–H groups in total. The van der Waals surface area contributed by atoms with Gasteiger partial charge in [0.15, 0.2) is 0 Å². The molecule has 2 heteroatoms. The van der Waals surface area contributed by atoms with Crippen LogP contribution in [0.3, 0.4) is 0 Å². The molecule has 0 aromatic carbocycles. The lowest BCUT2D eigenvalue weighted by molar-refractivity contribution is 0.126. The van der Waals surface area contributed by atoms with Gasteiger partial charge in [-0.05, 0) is 31.3 Å². The summed E-state index contributed by atoms with van der Waals surface area (Å²) in [5.74, 6) is 0. The minimum absolute atomic E-state index is 0.194. The minimum atomic E-state index is -0.194. The van der Waals surface area contributed by atoms with E-state index < -0.39 is 0 Å². The summed E-state index contributed by atoms with van der Waals surface area (Å²) in [6, 6.07) is 0. The maximum absolute atomic E-state index is 11.9. The second-order valence-electron chi connectivity index (χ2n) is 4.19. The summed E-state index contributed by atoms with van der Waals surface area (Å²) in [6.45, 7) is 7.18. The van der Waals surface area contributed by atoms with Gasteiger partial charge in [0, 0.05) is 6.54 Å². The van der Waals surface area contributed by atoms with E-state index in [0.29, 0.717) is 12.0 Å². The Morgan fingerprint density at radius 2 is 1.82 bits per heavy atom. The molecule has 0 bridgehead atoms. The Morgan fingerprint density at radius 1 is 1.27 bits per heavy atom. The van der Waals surface area contributed by atoms with Crippen LogP contribution in [0.1, 0.15) is 26.7 Å². The van der Waals surface area contributed by atoms with Crippen molar-refractivity contribution in [3.05, 3.63) is 0 Å². The molecule has 0 aliphatic carbocycles. The first-order valence-corrected chi connectivity index (χ1v) is 4.42. The number of likely N-dealkylation sites (tertiary alicyclic amines) is 1. The molecular weight excluding hydrogens is 141 g/mol. The maximum atomic E-state index is 11.9. The van der Waals surface area contributed by atoms with Crippen LogP contribution in [0.2, 0.25) is 0 Å². The number of piperidine rings is 1. The Balaban J connectivity index is 2.25. The number of halogens is 1. The zero-order valence-electron chi connectivity index (χ0n) is 7.57. The molecule has 1 fully saturated rings. The minimum Gasteiger partial charge on any atom is -0.301 e. The van der Waals surface area contributed by atoms with Crippen LogP contribution >= 0.6 is 0 Å². The van der Waals surface area contributed by atoms with Crippen molar-refractivity contribution in [2.75, 3.05) is 26.3 Å². The number of hydrogen-bond acceptors (Lipinski definition) is 1. The summed E-state index contributed by atoms with van der Waals surface area (Å²) in [5, 5.41) is 0. The van der Waals surface area contributed by atoms with Crippen molar-refractivity contribution in [2.45, 2.75) is 26.7 Å². The van der Waals surface area contributed by atoms with Crippen molar-refractivity contribution in [1.29, 1.82) is 0 Å². The van der Waals surface area contributed by atoms with E-state index in [1.807, 2.05) is 0 Å². The molecule has 0 aromatic heterocycles. The lowest BCUT2D eigenvalue weighted by Gasteiger charge is -2.36. The number of nitrogens with zero attached hydrogens (tertiary/aromatic N) is 1. The second-order valence-corrected chi connectivity index (χ2v) is 4.19. The fourth-order valence-electron chi connectivity index (χ4n) is 1.50. The van der Waals surface area contributed by atoms with Gasteiger partial charge in [-0.3, -0.25) is 0 Å². The molecule has 66 valence electrons. The molecule has 1 nitrogen and oxygen atoms in total. The van der Waals surface area contributed by atoms with Crippen molar-refractivity contribution in [1.82, 2.24) is 4.90 Å². The van der Waals surface area contributed by atoms with Crippen LogP contribution in [-0.4, -0.2) is 31.2 Å². The molecule has 0 saturated carbocycles. The standard InChI is InChI=1S/C9H18FN/c1-9(2)3-6-11(7-4-9)8-5-10/h3-8H2,1-2H3. The van der Waals surface area contributed by atoms with Crippen LogP contribution in [0.15, 0.2) is 0 Å². The first kappa shape index (κ1) is 8.98. The van der Waals surface area contributed by atoms with E-state index >= 15 is 0 Å². The number of rotatable bonds is 2. The van der Waals surface area contributed by atoms with E-state index in [0.717, 1.165) is 13.1 Å². The van der Waals surface area contributed by atoms with Gasteiger partial charge in [0.2, 0.25) is 0 Å². The molecule has 0 radical (unpaired) electrons. The predicted molar refractivity (Wildman–Crippen MR) is 45.4 cm³/mol. The summed E-state index contributed by atoms with van der Waals surface area (Å²) in [6.07, 6.45) is 2.43. The predicted octanol–water partition coefficient (Wildman–Crippen LogP) is 2.08. The van der Waals surface area contributed by atoms with E-state index in [-0.39, 0.29) is 6.67 Å². The van der Waals surface area contributed by atoms with Gasteiger partial charge < -0.3 is 4.90 Å². The summed E-state index contributed by atoms with van der Waals surface area (Å²) >= 11 is 0. The van der Waals surface area contributed by atoms with E-state index in [2.05, 4.69) is 18.7 Å². The summed E-state index contributed by atoms with van der Waals surface area (Å²) < 4.78 is 11.9. The molecule has 1 aliphatic rings. The highest BCUT2D eigenvalue weighted by Gasteiger charge is 2.24. The molecule has 1 heterocycles. The smallest absolute Gasteiger partial charge is 0.102 e. The second kappa shape index (κ2) is 3.53. The summed E-state index contributed by atoms with van der Waals surface area (Å²) in [4.78, 5) is 2.21. The van der Waals surface area contributed by atoms with E-state index in [1.54, 1.807) is 0 Å². The molecule has 0 atom stereocenters. The van der Waals surface area contributed by atoms with E-state index in [4.69, 9.17) is 0 Å². The quantitative estimate of drug-likeness (QED) is 0.596. The third kappa shape index (κ3) is 2.78. The highest BCUT2D eigenvalue weighted by atomic mass is 19.1. The van der Waals surface area contributed by atoms with E-state index in [1.165, 1.54) is 12.8 Å². The van der Waals surface area contributed by atoms with Gasteiger partial charge in [0.05, 0.1) is 0 Å². The highest BCUT2D eigenvalue weighted by Crippen LogP contribution is 2.29. The number of alkyl halides is 1. The molecule has 0 unspecified atom stereocenters. The average Bonchev–Trinajstić information content (AvgIpc) is 1.94. The van der Waals surface area contributed by atoms with Gasteiger partial charge in [-0.15, -0.1) is 0 Å². The van der Waals surface area contributed by atoms with E-state index in [9.17, 15) is 4.39 Å². The van der Waals surface area contributed by atoms with Crippen molar-refractivity contribution in [2.24, 2.45) is 5.41 Å². The molecule has 1 saturated heterocycles. The van der Waals surface area contributed by atoms with Gasteiger partial charge in [-0.1, -0.05) is 13.8 Å². The van der Waals surface area contributed by atoms with Crippen LogP contribution in [0.4, 0.5) is 4.39 Å². The van der Waals surface area contributed by atoms with Crippen LogP contribution in [-0.2, 0) is 0 Å². The van der Waals surface area contributed by atoms with Gasteiger partial charge in [0.25, 0.3) is 0 Å². The maximum Gasteiger partial charge on any atom is 0.102 e. The first-order valence-electron chi connectivity index (χ1n) is 4.42. The third-order valence-electron chi connectivity index (χ3n) is 2.61. The Kier molecular flexibility index (Phi) is 2.88. The van der Waals surface area contributed by atoms with Gasteiger partial charge in [-0.2, -0.15) is 0 Å². The lowest BCUT2D eigenvalue weighted by atomic mass is 9.83. The lowest BCUT2D eigenvalue weighted by Crippen LogP contribution is -2.38. The van der Waals surface area contributed by atoms with Gasteiger partial charge in [-0.25, -0.2) is 4.39 Å². The molecule has 1 rings (SSSR count). The van der Waals surface area contributed by atoms with Crippen molar-refractivity contribution >= 4 is 0 Å². The number of hydrogen-bond donors (Lipinski definition) is 0. The van der Waals surface area contributed by atoms with Crippen LogP contribution < -0.4 is 0 Å². The molecule has 0 spiro atoms. The molecule has 0 amide bonds. The molecular formula is C9H18FN. The average molecular weight is 159 g/mol. The van der Waals surface area contributed by atoms with Crippen molar-refractivity contribution in [3.8, 4) is 0 Å². The van der Waals surface area contributed by atoms with Gasteiger partial charge >= 0.3 is 0 Å². The summed E-state index contributed by atoms with van der Waals surface area (Å²) in [7, 11) is 0. The Bertz CT molecular complexity index is 113. The zero-order chi connectivity index (χ0) is 8.32. The molecule has 0 aromatic rings. The van der Waals surface area contributed by atoms with Gasteiger partial charge in [0.1, 0.15) is 6.67 Å². The monoisotopic (exact) mass is 159 g/mol. The van der Waals surface area contributed by atoms with Crippen LogP contribution in [0.25, 0.3) is 0 Å². The Labute approximate surface area is 68.6 Å². The Hall–Kier alpha value is -0.110. The first-order chi connectivity index (χ1) is 5.14. The molecule has 1 aliphatic heterocycles. The highest BCUT2D eigenvalue weighted by molar-refractivity contribution is 4.78. The fourth-order valence-corrected chi connectivity index (χ4v) is 1.50. The SMILES string of the molecule is CC1(C)CCN(CCF)CC1. The van der Waals surface area contributed by atoms with Crippen LogP contribution in [0.5, 0.6) is 0 Å². The van der Waals surface area contributed by atoms with Crippen molar-refractivity contribution < 1.29 is 4.39 Å². The largest absolute Gasteiger partial charge is 0.301 e.